The first-order valence-electron chi connectivity index (χ1n) is 7.19. The molecule has 1 unspecified atom stereocenters. The number of carbonyl (C=O) groups is 1. The Morgan fingerprint density at radius 3 is 2.24 bits per heavy atom. The van der Waals surface area contributed by atoms with Crippen molar-refractivity contribution in [2.24, 2.45) is 0 Å². The van der Waals surface area contributed by atoms with Gasteiger partial charge in [-0.25, -0.2) is 0 Å². The second-order valence-electron chi connectivity index (χ2n) is 5.30. The maximum Gasteiger partial charge on any atom is 0.265 e. The minimum atomic E-state index is -0.549. The van der Waals surface area contributed by atoms with Gasteiger partial charge in [-0.1, -0.05) is 50.2 Å². The van der Waals surface area contributed by atoms with Gasteiger partial charge in [0.15, 0.2) is 6.10 Å². The molecule has 2 rings (SSSR count). The van der Waals surface area contributed by atoms with Gasteiger partial charge in [0.25, 0.3) is 5.91 Å². The fourth-order valence-electron chi connectivity index (χ4n) is 2.11. The van der Waals surface area contributed by atoms with Gasteiger partial charge in [-0.2, -0.15) is 0 Å². The van der Waals surface area contributed by atoms with Crippen molar-refractivity contribution in [1.29, 1.82) is 0 Å². The van der Waals surface area contributed by atoms with E-state index in [2.05, 4.69) is 19.2 Å². The number of rotatable bonds is 5. The highest BCUT2D eigenvalue weighted by Gasteiger charge is 2.16. The lowest BCUT2D eigenvalue weighted by atomic mass is 10.0. The first-order chi connectivity index (χ1) is 10.1. The molecule has 2 aromatic rings. The maximum atomic E-state index is 12.3. The minimum Gasteiger partial charge on any atom is -0.481 e. The Kier molecular flexibility index (Phi) is 4.99. The molecule has 21 heavy (non-hydrogen) atoms. The highest BCUT2D eigenvalue weighted by Crippen LogP contribution is 2.24. The largest absolute Gasteiger partial charge is 0.481 e. The van der Waals surface area contributed by atoms with Crippen LogP contribution in [0.5, 0.6) is 5.75 Å². The third-order valence-corrected chi connectivity index (χ3v) is 3.27. The number of para-hydroxylation sites is 2. The molecular weight excluding hydrogens is 262 g/mol. The van der Waals surface area contributed by atoms with E-state index >= 15 is 0 Å². The van der Waals surface area contributed by atoms with Crippen LogP contribution >= 0.6 is 0 Å². The molecule has 0 spiro atoms. The molecule has 3 nitrogen and oxygen atoms in total. The van der Waals surface area contributed by atoms with Crippen LogP contribution < -0.4 is 10.1 Å². The summed E-state index contributed by atoms with van der Waals surface area (Å²) in [7, 11) is 0. The third kappa shape index (κ3) is 4.09. The lowest BCUT2D eigenvalue weighted by Crippen LogP contribution is -2.30. The molecule has 1 atom stereocenters. The average Bonchev–Trinajstić information content (AvgIpc) is 2.48. The van der Waals surface area contributed by atoms with Gasteiger partial charge >= 0.3 is 0 Å². The summed E-state index contributed by atoms with van der Waals surface area (Å²) in [5.74, 6) is 0.899. The van der Waals surface area contributed by atoms with Gasteiger partial charge in [0.05, 0.1) is 0 Å². The second kappa shape index (κ2) is 6.93. The quantitative estimate of drug-likeness (QED) is 0.892. The van der Waals surface area contributed by atoms with Gasteiger partial charge in [0.2, 0.25) is 0 Å². The summed E-state index contributed by atoms with van der Waals surface area (Å²) in [6, 6.07) is 17.2. The molecule has 0 aliphatic rings. The van der Waals surface area contributed by atoms with Crippen molar-refractivity contribution in [3.63, 3.8) is 0 Å². The Morgan fingerprint density at radius 2 is 1.57 bits per heavy atom. The average molecular weight is 283 g/mol. The predicted octanol–water partition coefficient (Wildman–Crippen LogP) is 4.22. The van der Waals surface area contributed by atoms with E-state index in [1.807, 2.05) is 54.6 Å². The van der Waals surface area contributed by atoms with Gasteiger partial charge in [-0.3, -0.25) is 4.79 Å². The maximum absolute atomic E-state index is 12.3. The molecule has 110 valence electrons. The van der Waals surface area contributed by atoms with Crippen LogP contribution in [0.1, 0.15) is 32.3 Å². The standard InChI is InChI=1S/C18H21NO2/c1-13(2)16-11-7-8-12-17(16)19-18(20)14(3)21-15-9-5-4-6-10-15/h4-14H,1-3H3,(H,19,20). The van der Waals surface area contributed by atoms with E-state index in [4.69, 9.17) is 4.74 Å². The number of carbonyl (C=O) groups excluding carboxylic acids is 1. The van der Waals surface area contributed by atoms with Crippen LogP contribution in [0.2, 0.25) is 0 Å². The van der Waals surface area contributed by atoms with Gasteiger partial charge in [-0.15, -0.1) is 0 Å². The Morgan fingerprint density at radius 1 is 0.952 bits per heavy atom. The molecule has 3 heteroatoms. The third-order valence-electron chi connectivity index (χ3n) is 3.27. The Labute approximate surface area is 126 Å². The van der Waals surface area contributed by atoms with Crippen molar-refractivity contribution in [2.45, 2.75) is 32.8 Å². The monoisotopic (exact) mass is 283 g/mol. The molecule has 0 saturated heterocycles. The normalized spacial score (nSPS) is 12.0. The van der Waals surface area contributed by atoms with Crippen LogP contribution in [0.25, 0.3) is 0 Å². The molecule has 0 bridgehead atoms. The van der Waals surface area contributed by atoms with Gasteiger partial charge in [-0.05, 0) is 36.6 Å². The highest BCUT2D eigenvalue weighted by atomic mass is 16.5. The molecule has 1 amide bonds. The van der Waals surface area contributed by atoms with Gasteiger partial charge < -0.3 is 10.1 Å². The van der Waals surface area contributed by atoms with Crippen molar-refractivity contribution in [3.05, 3.63) is 60.2 Å². The lowest BCUT2D eigenvalue weighted by Gasteiger charge is -2.17. The molecule has 0 fully saturated rings. The first-order valence-corrected chi connectivity index (χ1v) is 7.19. The summed E-state index contributed by atoms with van der Waals surface area (Å²) in [5.41, 5.74) is 1.97. The van der Waals surface area contributed by atoms with Crippen LogP contribution in [-0.4, -0.2) is 12.0 Å². The number of benzene rings is 2. The molecule has 0 radical (unpaired) electrons. The van der Waals surface area contributed by atoms with E-state index in [9.17, 15) is 4.79 Å². The van der Waals surface area contributed by atoms with E-state index in [0.29, 0.717) is 11.7 Å². The van der Waals surface area contributed by atoms with E-state index in [0.717, 1.165) is 11.3 Å². The molecule has 0 aliphatic carbocycles. The summed E-state index contributed by atoms with van der Waals surface area (Å²) < 4.78 is 5.64. The van der Waals surface area contributed by atoms with E-state index in [-0.39, 0.29) is 5.91 Å². The SMILES string of the molecule is CC(Oc1ccccc1)C(=O)Nc1ccccc1C(C)C. The topological polar surface area (TPSA) is 38.3 Å². The van der Waals surface area contributed by atoms with Crippen molar-refractivity contribution in [2.75, 3.05) is 5.32 Å². The Bertz CT molecular complexity index is 593. The van der Waals surface area contributed by atoms with Crippen molar-refractivity contribution >= 4 is 11.6 Å². The van der Waals surface area contributed by atoms with Gasteiger partial charge in [0.1, 0.15) is 5.75 Å². The predicted molar refractivity (Wildman–Crippen MR) is 85.7 cm³/mol. The smallest absolute Gasteiger partial charge is 0.265 e. The highest BCUT2D eigenvalue weighted by molar-refractivity contribution is 5.94. The summed E-state index contributed by atoms with van der Waals surface area (Å²) in [5, 5.41) is 2.95. The summed E-state index contributed by atoms with van der Waals surface area (Å²) in [6.45, 7) is 5.96. The Balaban J connectivity index is 2.04. The van der Waals surface area contributed by atoms with Crippen molar-refractivity contribution in [3.8, 4) is 5.75 Å². The fourth-order valence-corrected chi connectivity index (χ4v) is 2.11. The second-order valence-corrected chi connectivity index (χ2v) is 5.30. The van der Waals surface area contributed by atoms with Gasteiger partial charge in [0, 0.05) is 5.69 Å². The van der Waals surface area contributed by atoms with E-state index in [1.54, 1.807) is 6.92 Å². The molecule has 0 aromatic heterocycles. The molecule has 1 N–H and O–H groups in total. The van der Waals surface area contributed by atoms with Crippen LogP contribution in [0, 0.1) is 0 Å². The minimum absolute atomic E-state index is 0.146. The zero-order valence-electron chi connectivity index (χ0n) is 12.7. The van der Waals surface area contributed by atoms with Crippen molar-refractivity contribution in [1.82, 2.24) is 0 Å². The summed E-state index contributed by atoms with van der Waals surface area (Å²) in [6.07, 6.45) is -0.549. The number of hydrogen-bond acceptors (Lipinski definition) is 2. The fraction of sp³-hybridized carbons (Fsp3) is 0.278. The number of ether oxygens (including phenoxy) is 1. The summed E-state index contributed by atoms with van der Waals surface area (Å²) >= 11 is 0. The van der Waals surface area contributed by atoms with Crippen molar-refractivity contribution < 1.29 is 9.53 Å². The molecular formula is C18H21NO2. The van der Waals surface area contributed by atoms with Crippen LogP contribution in [0.3, 0.4) is 0 Å². The molecule has 0 heterocycles. The zero-order chi connectivity index (χ0) is 15.2. The van der Waals surface area contributed by atoms with Crippen LogP contribution in [0.4, 0.5) is 5.69 Å². The first kappa shape index (κ1) is 15.1. The molecule has 0 saturated carbocycles. The zero-order valence-corrected chi connectivity index (χ0v) is 12.7. The number of amides is 1. The van der Waals surface area contributed by atoms with Crippen LogP contribution in [0.15, 0.2) is 54.6 Å². The van der Waals surface area contributed by atoms with Crippen LogP contribution in [-0.2, 0) is 4.79 Å². The summed E-state index contributed by atoms with van der Waals surface area (Å²) in [4.78, 5) is 12.3. The lowest BCUT2D eigenvalue weighted by molar-refractivity contribution is -0.122. The molecule has 0 aliphatic heterocycles. The number of anilines is 1. The number of nitrogens with one attached hydrogen (secondary N) is 1. The van der Waals surface area contributed by atoms with E-state index < -0.39 is 6.10 Å². The Hall–Kier alpha value is -2.29. The molecule has 2 aromatic carbocycles. The number of hydrogen-bond donors (Lipinski definition) is 1. The van der Waals surface area contributed by atoms with E-state index in [1.165, 1.54) is 0 Å².